The largest absolute Gasteiger partial charge is 0.491 e. The van der Waals surface area contributed by atoms with Gasteiger partial charge in [0, 0.05) is 0 Å². The minimum Gasteiger partial charge on any atom is -0.491 e. The van der Waals surface area contributed by atoms with Crippen molar-refractivity contribution in [1.29, 1.82) is 0 Å². The van der Waals surface area contributed by atoms with Gasteiger partial charge in [-0.15, -0.1) is 0 Å². The Bertz CT molecular complexity index is 430. The minimum atomic E-state index is -0.689. The van der Waals surface area contributed by atoms with Gasteiger partial charge in [-0.2, -0.15) is 0 Å². The Hall–Kier alpha value is -1.75. The molecule has 0 unspecified atom stereocenters. The van der Waals surface area contributed by atoms with Crippen molar-refractivity contribution in [2.24, 2.45) is 0 Å². The van der Waals surface area contributed by atoms with Gasteiger partial charge in [-0.05, 0) is 32.9 Å². The van der Waals surface area contributed by atoms with E-state index in [9.17, 15) is 4.79 Å². The van der Waals surface area contributed by atoms with Crippen LogP contribution in [0.5, 0.6) is 5.75 Å². The molecule has 100 valence electrons. The van der Waals surface area contributed by atoms with Crippen molar-refractivity contribution < 1.29 is 14.6 Å². The molecule has 1 aromatic rings. The molecular formula is C13H20N2O3. The summed E-state index contributed by atoms with van der Waals surface area (Å²) in [6, 6.07) is 5.02. The van der Waals surface area contributed by atoms with Crippen molar-refractivity contribution in [2.45, 2.75) is 26.3 Å². The second-order valence-corrected chi connectivity index (χ2v) is 4.65. The van der Waals surface area contributed by atoms with Crippen molar-refractivity contribution in [1.82, 2.24) is 5.32 Å². The Kier molecular flexibility index (Phi) is 4.55. The minimum absolute atomic E-state index is 0.148. The molecule has 18 heavy (non-hydrogen) atoms. The van der Waals surface area contributed by atoms with Crippen LogP contribution in [0.3, 0.4) is 0 Å². The maximum atomic E-state index is 12.1. The summed E-state index contributed by atoms with van der Waals surface area (Å²) >= 11 is 0. The predicted octanol–water partition coefficient (Wildman–Crippen LogP) is 1.17. The van der Waals surface area contributed by atoms with E-state index in [-0.39, 0.29) is 12.5 Å². The molecule has 0 aliphatic rings. The number of anilines is 1. The molecule has 1 rings (SSSR count). The Morgan fingerprint density at radius 3 is 2.72 bits per heavy atom. The van der Waals surface area contributed by atoms with Gasteiger partial charge in [0.25, 0.3) is 5.91 Å². The van der Waals surface area contributed by atoms with Gasteiger partial charge in [0.05, 0.1) is 30.0 Å². The summed E-state index contributed by atoms with van der Waals surface area (Å²) in [5.41, 5.74) is 5.89. The van der Waals surface area contributed by atoms with E-state index >= 15 is 0 Å². The number of ether oxygens (including phenoxy) is 1. The Morgan fingerprint density at radius 1 is 1.50 bits per heavy atom. The van der Waals surface area contributed by atoms with Crippen molar-refractivity contribution in [3.8, 4) is 5.75 Å². The lowest BCUT2D eigenvalue weighted by atomic mass is 10.1. The van der Waals surface area contributed by atoms with Crippen LogP contribution in [0, 0.1) is 0 Å². The van der Waals surface area contributed by atoms with Gasteiger partial charge in [0.2, 0.25) is 0 Å². The fourth-order valence-corrected chi connectivity index (χ4v) is 1.45. The third-order valence-corrected chi connectivity index (χ3v) is 2.43. The average molecular weight is 252 g/mol. The highest BCUT2D eigenvalue weighted by Gasteiger charge is 2.22. The molecule has 0 heterocycles. The highest BCUT2D eigenvalue weighted by molar-refractivity contribution is 5.99. The molecule has 0 atom stereocenters. The van der Waals surface area contributed by atoms with E-state index in [0.717, 1.165) is 0 Å². The van der Waals surface area contributed by atoms with Crippen molar-refractivity contribution in [2.75, 3.05) is 18.9 Å². The van der Waals surface area contributed by atoms with Gasteiger partial charge in [0.1, 0.15) is 0 Å². The smallest absolute Gasteiger partial charge is 0.255 e. The number of nitrogen functional groups attached to an aromatic ring is 1. The van der Waals surface area contributed by atoms with Crippen LogP contribution >= 0.6 is 0 Å². The topological polar surface area (TPSA) is 84.6 Å². The van der Waals surface area contributed by atoms with E-state index in [0.29, 0.717) is 23.6 Å². The first-order valence-corrected chi connectivity index (χ1v) is 5.86. The van der Waals surface area contributed by atoms with Gasteiger partial charge >= 0.3 is 0 Å². The third kappa shape index (κ3) is 3.37. The maximum Gasteiger partial charge on any atom is 0.255 e. The number of nitrogens with one attached hydrogen (secondary N) is 1. The van der Waals surface area contributed by atoms with E-state index in [1.807, 2.05) is 6.92 Å². The van der Waals surface area contributed by atoms with Crippen LogP contribution in [-0.4, -0.2) is 29.8 Å². The lowest BCUT2D eigenvalue weighted by Gasteiger charge is -2.24. The molecule has 0 aromatic heterocycles. The summed E-state index contributed by atoms with van der Waals surface area (Å²) < 4.78 is 5.39. The van der Waals surface area contributed by atoms with Gasteiger partial charge in [0.15, 0.2) is 5.75 Å². The summed E-state index contributed by atoms with van der Waals surface area (Å²) in [7, 11) is 0. The molecule has 0 fully saturated rings. The molecule has 0 spiro atoms. The molecule has 0 saturated carbocycles. The SMILES string of the molecule is CCOc1c(N)cccc1C(=O)NC(C)(C)CO. The summed E-state index contributed by atoms with van der Waals surface area (Å²) in [5.74, 6) is 0.0658. The number of para-hydroxylation sites is 1. The van der Waals surface area contributed by atoms with Crippen molar-refractivity contribution in [3.63, 3.8) is 0 Å². The van der Waals surface area contributed by atoms with Crippen molar-refractivity contribution >= 4 is 11.6 Å². The van der Waals surface area contributed by atoms with Crippen LogP contribution in [0.25, 0.3) is 0 Å². The normalized spacial score (nSPS) is 11.1. The quantitative estimate of drug-likeness (QED) is 0.687. The molecule has 0 aliphatic carbocycles. The molecule has 0 saturated heterocycles. The second kappa shape index (κ2) is 5.73. The predicted molar refractivity (Wildman–Crippen MR) is 70.7 cm³/mol. The fourth-order valence-electron chi connectivity index (χ4n) is 1.45. The monoisotopic (exact) mass is 252 g/mol. The number of aliphatic hydroxyl groups is 1. The number of hydrogen-bond donors (Lipinski definition) is 3. The first kappa shape index (κ1) is 14.3. The van der Waals surface area contributed by atoms with Crippen molar-refractivity contribution in [3.05, 3.63) is 23.8 Å². The Labute approximate surface area is 107 Å². The summed E-state index contributed by atoms with van der Waals surface area (Å²) in [6.07, 6.45) is 0. The van der Waals surface area contributed by atoms with Crippen LogP contribution in [0.15, 0.2) is 18.2 Å². The van der Waals surface area contributed by atoms with Gasteiger partial charge in [-0.3, -0.25) is 4.79 Å². The summed E-state index contributed by atoms with van der Waals surface area (Å²) in [6.45, 7) is 5.57. The van der Waals surface area contributed by atoms with Crippen LogP contribution in [0.1, 0.15) is 31.1 Å². The molecule has 0 aliphatic heterocycles. The van der Waals surface area contributed by atoms with Crippen LogP contribution < -0.4 is 15.8 Å². The zero-order chi connectivity index (χ0) is 13.8. The molecule has 5 heteroatoms. The van der Waals surface area contributed by atoms with Gasteiger partial charge in [-0.1, -0.05) is 6.07 Å². The number of benzene rings is 1. The lowest BCUT2D eigenvalue weighted by Crippen LogP contribution is -2.46. The number of carbonyl (C=O) groups is 1. The van der Waals surface area contributed by atoms with E-state index in [2.05, 4.69) is 5.32 Å². The number of rotatable bonds is 5. The number of aliphatic hydroxyl groups excluding tert-OH is 1. The number of amides is 1. The van der Waals surface area contributed by atoms with Crippen LogP contribution in [0.2, 0.25) is 0 Å². The van der Waals surface area contributed by atoms with Crippen LogP contribution in [-0.2, 0) is 0 Å². The first-order chi connectivity index (χ1) is 8.41. The van der Waals surface area contributed by atoms with Gasteiger partial charge < -0.3 is 20.9 Å². The zero-order valence-corrected chi connectivity index (χ0v) is 11.0. The number of hydrogen-bond acceptors (Lipinski definition) is 4. The second-order valence-electron chi connectivity index (χ2n) is 4.65. The Morgan fingerprint density at radius 2 is 2.17 bits per heavy atom. The maximum absolute atomic E-state index is 12.1. The molecular weight excluding hydrogens is 232 g/mol. The van der Waals surface area contributed by atoms with E-state index < -0.39 is 5.54 Å². The molecule has 1 aromatic carbocycles. The van der Waals surface area contributed by atoms with Crippen LogP contribution in [0.4, 0.5) is 5.69 Å². The standard InChI is InChI=1S/C13H20N2O3/c1-4-18-11-9(6-5-7-10(11)14)12(17)15-13(2,3)8-16/h5-7,16H,4,8,14H2,1-3H3,(H,15,17). The highest BCUT2D eigenvalue weighted by atomic mass is 16.5. The number of nitrogens with two attached hydrogens (primary N) is 1. The molecule has 1 amide bonds. The fraction of sp³-hybridized carbons (Fsp3) is 0.462. The first-order valence-electron chi connectivity index (χ1n) is 5.86. The lowest BCUT2D eigenvalue weighted by molar-refractivity contribution is 0.0865. The molecule has 5 nitrogen and oxygen atoms in total. The zero-order valence-electron chi connectivity index (χ0n) is 11.0. The number of carbonyl (C=O) groups excluding carboxylic acids is 1. The third-order valence-electron chi connectivity index (χ3n) is 2.43. The molecule has 0 radical (unpaired) electrons. The highest BCUT2D eigenvalue weighted by Crippen LogP contribution is 2.26. The van der Waals surface area contributed by atoms with E-state index in [1.54, 1.807) is 32.0 Å². The Balaban J connectivity index is 3.02. The average Bonchev–Trinajstić information content (AvgIpc) is 2.31. The summed E-state index contributed by atoms with van der Waals surface area (Å²) in [4.78, 5) is 12.1. The molecule has 0 bridgehead atoms. The van der Waals surface area contributed by atoms with E-state index in [1.165, 1.54) is 0 Å². The molecule has 4 N–H and O–H groups in total. The van der Waals surface area contributed by atoms with Gasteiger partial charge in [-0.25, -0.2) is 0 Å². The summed E-state index contributed by atoms with van der Waals surface area (Å²) in [5, 5.41) is 11.9. The van der Waals surface area contributed by atoms with E-state index in [4.69, 9.17) is 15.6 Å².